The van der Waals surface area contributed by atoms with Crippen LogP contribution in [0.5, 0.6) is 5.88 Å². The Labute approximate surface area is 103 Å². The second-order valence-corrected chi connectivity index (χ2v) is 4.53. The Morgan fingerprint density at radius 3 is 2.80 bits per heavy atom. The Bertz CT molecular complexity index is 320. The fraction of sp³-hybridized carbons (Fsp3) is 0.500. The third-order valence-corrected chi connectivity index (χ3v) is 2.25. The van der Waals surface area contributed by atoms with E-state index in [1.165, 1.54) is 0 Å². The van der Waals surface area contributed by atoms with Crippen molar-refractivity contribution < 1.29 is 9.47 Å². The van der Waals surface area contributed by atoms with Gasteiger partial charge in [0.2, 0.25) is 5.88 Å². The molecule has 1 aromatic heterocycles. The van der Waals surface area contributed by atoms with E-state index in [1.807, 2.05) is 13.8 Å². The summed E-state index contributed by atoms with van der Waals surface area (Å²) in [6, 6.07) is 1.74. The van der Waals surface area contributed by atoms with Gasteiger partial charge in [-0.05, 0) is 35.8 Å². The highest BCUT2D eigenvalue weighted by atomic mass is 79.9. The van der Waals surface area contributed by atoms with E-state index in [2.05, 4.69) is 20.9 Å². The van der Waals surface area contributed by atoms with Gasteiger partial charge >= 0.3 is 0 Å². The summed E-state index contributed by atoms with van der Waals surface area (Å²) in [5.41, 5.74) is 0. The lowest BCUT2D eigenvalue weighted by Gasteiger charge is -2.09. The first-order chi connectivity index (χ1) is 7.09. The van der Waals surface area contributed by atoms with Crippen LogP contribution >= 0.6 is 27.5 Å². The summed E-state index contributed by atoms with van der Waals surface area (Å²) in [4.78, 5) is 4.04. The molecule has 0 radical (unpaired) electrons. The normalized spacial score (nSPS) is 10.7. The van der Waals surface area contributed by atoms with Crippen molar-refractivity contribution >= 4 is 27.5 Å². The second kappa shape index (κ2) is 6.30. The van der Waals surface area contributed by atoms with Crippen molar-refractivity contribution in [3.8, 4) is 5.88 Å². The summed E-state index contributed by atoms with van der Waals surface area (Å²) in [5.74, 6) is 0.437. The molecule has 1 aromatic rings. The number of halogens is 2. The Morgan fingerprint density at radius 2 is 2.20 bits per heavy atom. The maximum absolute atomic E-state index is 5.91. The molecule has 1 heterocycles. The van der Waals surface area contributed by atoms with Crippen LogP contribution in [0.25, 0.3) is 0 Å². The van der Waals surface area contributed by atoms with Crippen LogP contribution in [-0.4, -0.2) is 24.3 Å². The van der Waals surface area contributed by atoms with Crippen LogP contribution in [0.3, 0.4) is 0 Å². The summed E-state index contributed by atoms with van der Waals surface area (Å²) in [5, 5.41) is 0.494. The van der Waals surface area contributed by atoms with Crippen molar-refractivity contribution in [2.75, 3.05) is 13.2 Å². The van der Waals surface area contributed by atoms with Gasteiger partial charge in [0.1, 0.15) is 11.6 Å². The quantitative estimate of drug-likeness (QED) is 0.781. The average Bonchev–Trinajstić information content (AvgIpc) is 2.14. The molecule has 3 nitrogen and oxygen atoms in total. The third kappa shape index (κ3) is 4.82. The first-order valence-corrected chi connectivity index (χ1v) is 5.82. The van der Waals surface area contributed by atoms with Crippen LogP contribution in [0.1, 0.15) is 13.8 Å². The largest absolute Gasteiger partial charge is 0.474 e. The molecule has 0 saturated heterocycles. The number of pyridine rings is 1. The molecule has 0 unspecified atom stereocenters. The molecule has 1 rings (SSSR count). The molecular weight excluding hydrogens is 281 g/mol. The highest BCUT2D eigenvalue weighted by Crippen LogP contribution is 2.24. The van der Waals surface area contributed by atoms with E-state index < -0.39 is 0 Å². The van der Waals surface area contributed by atoms with Crippen LogP contribution in [0.15, 0.2) is 16.7 Å². The van der Waals surface area contributed by atoms with E-state index in [0.717, 1.165) is 4.47 Å². The predicted octanol–water partition coefficient (Wildman–Crippen LogP) is 3.30. The molecule has 15 heavy (non-hydrogen) atoms. The maximum Gasteiger partial charge on any atom is 0.232 e. The van der Waals surface area contributed by atoms with E-state index in [9.17, 15) is 0 Å². The van der Waals surface area contributed by atoms with Crippen LogP contribution in [0, 0.1) is 0 Å². The number of aromatic nitrogens is 1. The molecule has 0 fully saturated rings. The molecule has 0 saturated carbocycles. The predicted molar refractivity (Wildman–Crippen MR) is 63.5 cm³/mol. The SMILES string of the molecule is CC(C)OCCOc1ncc(Br)cc1Cl. The van der Waals surface area contributed by atoms with Crippen LogP contribution in [0.2, 0.25) is 5.02 Å². The standard InChI is InChI=1S/C10H13BrClNO2/c1-7(2)14-3-4-15-10-9(12)5-8(11)6-13-10/h5-7H,3-4H2,1-2H3. The minimum Gasteiger partial charge on any atom is -0.474 e. The van der Waals surface area contributed by atoms with E-state index >= 15 is 0 Å². The van der Waals surface area contributed by atoms with Crippen molar-refractivity contribution in [3.63, 3.8) is 0 Å². The topological polar surface area (TPSA) is 31.4 Å². The van der Waals surface area contributed by atoms with Crippen molar-refractivity contribution in [2.45, 2.75) is 20.0 Å². The monoisotopic (exact) mass is 293 g/mol. The molecule has 0 amide bonds. The Morgan fingerprint density at radius 1 is 1.47 bits per heavy atom. The fourth-order valence-corrected chi connectivity index (χ4v) is 1.61. The zero-order valence-corrected chi connectivity index (χ0v) is 11.0. The van der Waals surface area contributed by atoms with Gasteiger partial charge in [0.05, 0.1) is 12.7 Å². The number of nitrogens with zero attached hydrogens (tertiary/aromatic N) is 1. The summed E-state index contributed by atoms with van der Waals surface area (Å²) >= 11 is 9.18. The summed E-state index contributed by atoms with van der Waals surface area (Å²) in [6.07, 6.45) is 1.85. The minimum atomic E-state index is 0.210. The van der Waals surface area contributed by atoms with E-state index in [-0.39, 0.29) is 6.10 Å². The molecular formula is C10H13BrClNO2. The number of hydrogen-bond acceptors (Lipinski definition) is 3. The lowest BCUT2D eigenvalue weighted by atomic mass is 10.5. The van der Waals surface area contributed by atoms with E-state index in [4.69, 9.17) is 21.1 Å². The third-order valence-electron chi connectivity index (χ3n) is 1.55. The Hall–Kier alpha value is -0.320. The van der Waals surface area contributed by atoms with Gasteiger partial charge in [0, 0.05) is 10.7 Å². The van der Waals surface area contributed by atoms with Crippen LogP contribution in [0.4, 0.5) is 0 Å². The Balaban J connectivity index is 2.37. The lowest BCUT2D eigenvalue weighted by molar-refractivity contribution is 0.0543. The molecule has 5 heteroatoms. The van der Waals surface area contributed by atoms with Gasteiger partial charge in [-0.15, -0.1) is 0 Å². The summed E-state index contributed by atoms with van der Waals surface area (Å²) in [6.45, 7) is 4.94. The van der Waals surface area contributed by atoms with Crippen molar-refractivity contribution in [3.05, 3.63) is 21.8 Å². The molecule has 0 aliphatic carbocycles. The zero-order chi connectivity index (χ0) is 11.3. The van der Waals surface area contributed by atoms with Gasteiger partial charge < -0.3 is 9.47 Å². The van der Waals surface area contributed by atoms with Gasteiger partial charge in [-0.25, -0.2) is 4.98 Å². The molecule has 0 atom stereocenters. The van der Waals surface area contributed by atoms with Crippen molar-refractivity contribution in [1.82, 2.24) is 4.98 Å². The van der Waals surface area contributed by atoms with Crippen molar-refractivity contribution in [2.24, 2.45) is 0 Å². The van der Waals surface area contributed by atoms with Crippen LogP contribution in [-0.2, 0) is 4.74 Å². The molecule has 0 aromatic carbocycles. The minimum absolute atomic E-state index is 0.210. The first-order valence-electron chi connectivity index (χ1n) is 4.65. The van der Waals surface area contributed by atoms with Gasteiger partial charge in [-0.2, -0.15) is 0 Å². The van der Waals surface area contributed by atoms with Gasteiger partial charge in [-0.1, -0.05) is 11.6 Å². The number of ether oxygens (including phenoxy) is 2. The lowest BCUT2D eigenvalue weighted by Crippen LogP contribution is -2.11. The molecule has 0 N–H and O–H groups in total. The van der Waals surface area contributed by atoms with E-state index in [0.29, 0.717) is 24.1 Å². The van der Waals surface area contributed by atoms with E-state index in [1.54, 1.807) is 12.3 Å². The number of rotatable bonds is 5. The zero-order valence-electron chi connectivity index (χ0n) is 8.67. The molecule has 0 spiro atoms. The molecule has 0 bridgehead atoms. The number of hydrogen-bond donors (Lipinski definition) is 0. The average molecular weight is 295 g/mol. The van der Waals surface area contributed by atoms with Crippen LogP contribution < -0.4 is 4.74 Å². The smallest absolute Gasteiger partial charge is 0.232 e. The fourth-order valence-electron chi connectivity index (χ4n) is 0.930. The maximum atomic E-state index is 5.91. The van der Waals surface area contributed by atoms with Gasteiger partial charge in [-0.3, -0.25) is 0 Å². The highest BCUT2D eigenvalue weighted by molar-refractivity contribution is 9.10. The van der Waals surface area contributed by atoms with Crippen molar-refractivity contribution in [1.29, 1.82) is 0 Å². The molecule has 0 aliphatic rings. The highest BCUT2D eigenvalue weighted by Gasteiger charge is 2.03. The first kappa shape index (κ1) is 12.7. The van der Waals surface area contributed by atoms with Gasteiger partial charge in [0.25, 0.3) is 0 Å². The Kier molecular flexibility index (Phi) is 5.36. The molecule has 0 aliphatic heterocycles. The molecule has 84 valence electrons. The second-order valence-electron chi connectivity index (χ2n) is 3.21. The summed E-state index contributed by atoms with van der Waals surface area (Å²) < 4.78 is 11.5. The van der Waals surface area contributed by atoms with Gasteiger partial charge in [0.15, 0.2) is 0 Å². The summed E-state index contributed by atoms with van der Waals surface area (Å²) in [7, 11) is 0.